The third-order valence-electron chi connectivity index (χ3n) is 2.57. The lowest BCUT2D eigenvalue weighted by atomic mass is 10.1. The molecule has 3 heteroatoms. The zero-order chi connectivity index (χ0) is 12.7. The Hall–Kier alpha value is -1.35. The number of methoxy groups -OCH3 is 1. The average molecular weight is 236 g/mol. The first-order chi connectivity index (χ1) is 8.21. The highest BCUT2D eigenvalue weighted by Crippen LogP contribution is 2.13. The fourth-order valence-corrected chi connectivity index (χ4v) is 1.30. The number of carbonyl (C=O) groups is 1. The van der Waals surface area contributed by atoms with E-state index in [2.05, 4.69) is 6.92 Å². The Morgan fingerprint density at radius 3 is 2.59 bits per heavy atom. The summed E-state index contributed by atoms with van der Waals surface area (Å²) in [7, 11) is 1.59. The first kappa shape index (κ1) is 13.7. The molecule has 0 amide bonds. The number of hydrogen-bond donors (Lipinski definition) is 0. The minimum Gasteiger partial charge on any atom is -0.497 e. The van der Waals surface area contributed by atoms with Gasteiger partial charge in [-0.15, -0.1) is 0 Å². The van der Waals surface area contributed by atoms with Crippen molar-refractivity contribution in [3.8, 4) is 5.75 Å². The van der Waals surface area contributed by atoms with Crippen molar-refractivity contribution in [2.24, 2.45) is 0 Å². The zero-order valence-electron chi connectivity index (χ0n) is 10.7. The Kier molecular flexibility index (Phi) is 5.70. The Morgan fingerprint density at radius 1 is 1.47 bits per heavy atom. The average Bonchev–Trinajstić information content (AvgIpc) is 3.22. The van der Waals surface area contributed by atoms with Crippen molar-refractivity contribution in [1.82, 2.24) is 0 Å². The molecule has 1 aliphatic heterocycles. The smallest absolute Gasteiger partial charge is 0.162 e. The number of ether oxygens (including phenoxy) is 2. The van der Waals surface area contributed by atoms with E-state index in [9.17, 15) is 4.79 Å². The second-order valence-corrected chi connectivity index (χ2v) is 3.87. The summed E-state index contributed by atoms with van der Waals surface area (Å²) in [5.74, 6) is 0.878. The summed E-state index contributed by atoms with van der Waals surface area (Å²) >= 11 is 0. The molecule has 2 rings (SSSR count). The molecule has 3 nitrogen and oxygen atoms in total. The number of Topliss-reactive ketones (excluding diaryl/α,β-unsaturated/α-hetero) is 1. The highest BCUT2D eigenvalue weighted by atomic mass is 16.6. The normalized spacial score (nSPS) is 16.8. The molecule has 1 unspecified atom stereocenters. The monoisotopic (exact) mass is 236 g/mol. The highest BCUT2D eigenvalue weighted by Gasteiger charge is 2.18. The van der Waals surface area contributed by atoms with Crippen LogP contribution in [0.2, 0.25) is 0 Å². The number of carbonyl (C=O) groups excluding carboxylic acids is 1. The summed E-state index contributed by atoms with van der Waals surface area (Å²) in [6, 6.07) is 7.20. The van der Waals surface area contributed by atoms with Gasteiger partial charge in [-0.25, -0.2) is 0 Å². The first-order valence-corrected chi connectivity index (χ1v) is 6.00. The van der Waals surface area contributed by atoms with Crippen molar-refractivity contribution in [3.05, 3.63) is 29.8 Å². The van der Waals surface area contributed by atoms with Crippen molar-refractivity contribution in [1.29, 1.82) is 0 Å². The van der Waals surface area contributed by atoms with Gasteiger partial charge in [-0.1, -0.05) is 26.0 Å². The molecule has 94 valence electrons. The van der Waals surface area contributed by atoms with E-state index in [0.717, 1.165) is 17.9 Å². The van der Waals surface area contributed by atoms with E-state index in [0.29, 0.717) is 12.5 Å². The topological polar surface area (TPSA) is 38.8 Å². The molecule has 1 saturated heterocycles. The van der Waals surface area contributed by atoms with Gasteiger partial charge in [0.25, 0.3) is 0 Å². The number of epoxide rings is 1. The largest absolute Gasteiger partial charge is 0.497 e. The predicted octanol–water partition coefficient (Wildman–Crippen LogP) is 3.08. The van der Waals surface area contributed by atoms with Gasteiger partial charge in [0, 0.05) is 12.0 Å². The lowest BCUT2D eigenvalue weighted by Crippen LogP contribution is -1.96. The zero-order valence-corrected chi connectivity index (χ0v) is 10.7. The van der Waals surface area contributed by atoms with Gasteiger partial charge in [0.15, 0.2) is 5.78 Å². The van der Waals surface area contributed by atoms with Gasteiger partial charge in [-0.3, -0.25) is 4.79 Å². The molecule has 1 fully saturated rings. The van der Waals surface area contributed by atoms with E-state index in [-0.39, 0.29) is 5.78 Å². The lowest BCUT2D eigenvalue weighted by molar-refractivity contribution is 0.0988. The molecule has 1 heterocycles. The Balaban J connectivity index is 0.000000239. The van der Waals surface area contributed by atoms with Crippen LogP contribution in [0, 0.1) is 0 Å². The first-order valence-electron chi connectivity index (χ1n) is 6.00. The molecular formula is C14H20O3. The summed E-state index contributed by atoms with van der Waals surface area (Å²) in [6.45, 7) is 5.00. The van der Waals surface area contributed by atoms with Crippen molar-refractivity contribution in [3.63, 3.8) is 0 Å². The SMILES string of the molecule is CCC(=O)c1cccc(OC)c1.CCC1CO1. The van der Waals surface area contributed by atoms with Crippen LogP contribution in [0.4, 0.5) is 0 Å². The quantitative estimate of drug-likeness (QED) is 0.595. The van der Waals surface area contributed by atoms with Crippen LogP contribution < -0.4 is 4.74 Å². The summed E-state index contributed by atoms with van der Waals surface area (Å²) in [5, 5.41) is 0. The van der Waals surface area contributed by atoms with E-state index in [4.69, 9.17) is 9.47 Å². The van der Waals surface area contributed by atoms with E-state index < -0.39 is 0 Å². The molecule has 17 heavy (non-hydrogen) atoms. The van der Waals surface area contributed by atoms with E-state index in [1.807, 2.05) is 19.1 Å². The summed E-state index contributed by atoms with van der Waals surface area (Å²) < 4.78 is 9.85. The minimum atomic E-state index is 0.147. The molecule has 0 aromatic heterocycles. The fourth-order valence-electron chi connectivity index (χ4n) is 1.30. The van der Waals surface area contributed by atoms with Crippen LogP contribution in [0.25, 0.3) is 0 Å². The predicted molar refractivity (Wildman–Crippen MR) is 67.6 cm³/mol. The summed E-state index contributed by atoms with van der Waals surface area (Å²) in [6.07, 6.45) is 2.36. The maximum Gasteiger partial charge on any atom is 0.162 e. The molecule has 1 atom stereocenters. The van der Waals surface area contributed by atoms with Gasteiger partial charge >= 0.3 is 0 Å². The van der Waals surface area contributed by atoms with Crippen molar-refractivity contribution >= 4 is 5.78 Å². The molecule has 1 aliphatic rings. The van der Waals surface area contributed by atoms with Gasteiger partial charge in [-0.05, 0) is 18.6 Å². The van der Waals surface area contributed by atoms with Crippen LogP contribution >= 0.6 is 0 Å². The number of ketones is 1. The Labute approximate surface area is 103 Å². The molecule has 0 saturated carbocycles. The van der Waals surface area contributed by atoms with Crippen LogP contribution in [-0.2, 0) is 4.74 Å². The van der Waals surface area contributed by atoms with Gasteiger partial charge in [-0.2, -0.15) is 0 Å². The Morgan fingerprint density at radius 2 is 2.18 bits per heavy atom. The third-order valence-corrected chi connectivity index (χ3v) is 2.57. The van der Waals surface area contributed by atoms with Gasteiger partial charge in [0.2, 0.25) is 0 Å². The second kappa shape index (κ2) is 7.07. The molecule has 1 aromatic carbocycles. The molecule has 0 radical (unpaired) electrons. The van der Waals surface area contributed by atoms with Crippen LogP contribution in [0.3, 0.4) is 0 Å². The van der Waals surface area contributed by atoms with Gasteiger partial charge in [0.05, 0.1) is 19.8 Å². The fraction of sp³-hybridized carbons (Fsp3) is 0.500. The standard InChI is InChI=1S/C10H12O2.C4H8O/c1-3-10(11)8-5-4-6-9(7-8)12-2;1-2-4-3-5-4/h4-7H,3H2,1-2H3;4H,2-3H2,1H3. The minimum absolute atomic E-state index is 0.147. The molecule has 0 spiro atoms. The van der Waals surface area contributed by atoms with Gasteiger partial charge < -0.3 is 9.47 Å². The maximum atomic E-state index is 11.2. The van der Waals surface area contributed by atoms with Crippen molar-refractivity contribution in [2.75, 3.05) is 13.7 Å². The molecule has 0 N–H and O–H groups in total. The number of rotatable bonds is 4. The third kappa shape index (κ3) is 5.00. The Bertz CT molecular complexity index is 356. The summed E-state index contributed by atoms with van der Waals surface area (Å²) in [4.78, 5) is 11.2. The molecular weight excluding hydrogens is 216 g/mol. The maximum absolute atomic E-state index is 11.2. The van der Waals surface area contributed by atoms with Gasteiger partial charge in [0.1, 0.15) is 5.75 Å². The molecule has 1 aromatic rings. The summed E-state index contributed by atoms with van der Waals surface area (Å²) in [5.41, 5.74) is 0.719. The van der Waals surface area contributed by atoms with Crippen LogP contribution in [0.15, 0.2) is 24.3 Å². The van der Waals surface area contributed by atoms with Crippen LogP contribution in [0.1, 0.15) is 37.0 Å². The van der Waals surface area contributed by atoms with E-state index >= 15 is 0 Å². The van der Waals surface area contributed by atoms with Crippen LogP contribution in [-0.4, -0.2) is 25.6 Å². The highest BCUT2D eigenvalue weighted by molar-refractivity contribution is 5.96. The van der Waals surface area contributed by atoms with Crippen molar-refractivity contribution < 1.29 is 14.3 Å². The number of benzene rings is 1. The number of hydrogen-bond acceptors (Lipinski definition) is 3. The lowest BCUT2D eigenvalue weighted by Gasteiger charge is -2.01. The van der Waals surface area contributed by atoms with Crippen molar-refractivity contribution in [2.45, 2.75) is 32.8 Å². The van der Waals surface area contributed by atoms with E-state index in [1.165, 1.54) is 6.42 Å². The van der Waals surface area contributed by atoms with E-state index in [1.54, 1.807) is 19.2 Å². The second-order valence-electron chi connectivity index (χ2n) is 3.87. The molecule has 0 bridgehead atoms. The van der Waals surface area contributed by atoms with Crippen LogP contribution in [0.5, 0.6) is 5.75 Å². The molecule has 0 aliphatic carbocycles.